The van der Waals surface area contributed by atoms with E-state index in [0.29, 0.717) is 0 Å². The quantitative estimate of drug-likeness (QED) is 0.278. The van der Waals surface area contributed by atoms with Crippen molar-refractivity contribution in [3.63, 3.8) is 0 Å². The predicted octanol–water partition coefficient (Wildman–Crippen LogP) is 2.34. The van der Waals surface area contributed by atoms with Crippen LogP contribution in [0.25, 0.3) is 0 Å². The topological polar surface area (TPSA) is 67.8 Å². The van der Waals surface area contributed by atoms with Gasteiger partial charge in [0.15, 0.2) is 5.84 Å². The molecule has 0 aliphatic heterocycles. The third kappa shape index (κ3) is 3.80. The van der Waals surface area contributed by atoms with Crippen LogP contribution in [0, 0.1) is 5.82 Å². The van der Waals surface area contributed by atoms with Crippen molar-refractivity contribution in [2.75, 3.05) is 6.61 Å². The number of rotatable bonds is 6. The van der Waals surface area contributed by atoms with Gasteiger partial charge in [-0.2, -0.15) is 8.78 Å². The fourth-order valence-electron chi connectivity index (χ4n) is 1.30. The highest BCUT2D eigenvalue weighted by molar-refractivity contribution is 5.97. The highest BCUT2D eigenvalue weighted by Gasteiger charge is 2.40. The van der Waals surface area contributed by atoms with E-state index >= 15 is 0 Å². The van der Waals surface area contributed by atoms with Crippen LogP contribution in [0.2, 0.25) is 0 Å². The van der Waals surface area contributed by atoms with E-state index in [0.717, 1.165) is 0 Å². The minimum absolute atomic E-state index is 0.181. The van der Waals surface area contributed by atoms with Crippen LogP contribution in [0.3, 0.4) is 0 Å². The van der Waals surface area contributed by atoms with Crippen LogP contribution in [-0.2, 0) is 11.3 Å². The first kappa shape index (κ1) is 16.2. The molecule has 0 fully saturated rings. The molecule has 0 atom stereocenters. The molecule has 4 nitrogen and oxygen atoms in total. The van der Waals surface area contributed by atoms with Crippen molar-refractivity contribution in [3.8, 4) is 0 Å². The first-order valence-electron chi connectivity index (χ1n) is 5.28. The molecule has 1 aromatic rings. The Morgan fingerprint density at radius 2 is 2.05 bits per heavy atom. The lowest BCUT2D eigenvalue weighted by atomic mass is 10.1. The molecule has 0 aromatic heterocycles. The second-order valence-electron chi connectivity index (χ2n) is 3.82. The van der Waals surface area contributed by atoms with Crippen LogP contribution < -0.4 is 5.73 Å². The number of benzene rings is 1. The predicted molar refractivity (Wildman–Crippen MR) is 59.5 cm³/mol. The van der Waals surface area contributed by atoms with Gasteiger partial charge in [0.05, 0.1) is 12.2 Å². The van der Waals surface area contributed by atoms with Gasteiger partial charge in [0, 0.05) is 5.56 Å². The molecule has 9 heteroatoms. The van der Waals surface area contributed by atoms with Gasteiger partial charge in [0.1, 0.15) is 12.4 Å². The Hall–Kier alpha value is -1.90. The Labute approximate surface area is 110 Å². The molecule has 0 heterocycles. The van der Waals surface area contributed by atoms with Crippen LogP contribution in [0.5, 0.6) is 0 Å². The average Bonchev–Trinajstić information content (AvgIpc) is 2.39. The second kappa shape index (κ2) is 6.51. The molecule has 0 unspecified atom stereocenters. The van der Waals surface area contributed by atoms with Gasteiger partial charge < -0.3 is 15.7 Å². The molecule has 112 valence electrons. The molecule has 0 saturated carbocycles. The minimum atomic E-state index is -4.31. The molecule has 0 spiro atoms. The summed E-state index contributed by atoms with van der Waals surface area (Å²) < 4.78 is 67.1. The number of hydrogen-bond acceptors (Lipinski definition) is 3. The van der Waals surface area contributed by atoms with Gasteiger partial charge in [-0.1, -0.05) is 17.3 Å². The molecule has 0 amide bonds. The number of alkyl halides is 4. The lowest BCUT2D eigenvalue weighted by molar-refractivity contribution is -0.168. The maximum Gasteiger partial charge on any atom is 0.330 e. The molecule has 20 heavy (non-hydrogen) atoms. The monoisotopic (exact) mass is 298 g/mol. The number of hydrogen-bond donors (Lipinski definition) is 2. The zero-order chi connectivity index (χ0) is 15.3. The van der Waals surface area contributed by atoms with Gasteiger partial charge in [-0.05, 0) is 6.07 Å². The van der Waals surface area contributed by atoms with E-state index in [4.69, 9.17) is 10.9 Å². The normalized spacial score (nSPS) is 13.0. The minimum Gasteiger partial charge on any atom is -0.409 e. The highest BCUT2D eigenvalue weighted by atomic mass is 19.3. The number of halogens is 5. The smallest absolute Gasteiger partial charge is 0.330 e. The van der Waals surface area contributed by atoms with Gasteiger partial charge >= 0.3 is 12.3 Å². The second-order valence-corrected chi connectivity index (χ2v) is 3.82. The van der Waals surface area contributed by atoms with Crippen LogP contribution in [0.4, 0.5) is 22.0 Å². The van der Waals surface area contributed by atoms with Crippen molar-refractivity contribution in [1.29, 1.82) is 0 Å². The summed E-state index contributed by atoms with van der Waals surface area (Å²) in [5.74, 6) is -5.76. The molecule has 3 N–H and O–H groups in total. The Bertz CT molecular complexity index is 494. The van der Waals surface area contributed by atoms with Crippen molar-refractivity contribution in [1.82, 2.24) is 0 Å². The van der Waals surface area contributed by atoms with Crippen LogP contribution in [0.1, 0.15) is 11.1 Å². The lowest BCUT2D eigenvalue weighted by Crippen LogP contribution is -2.32. The fourth-order valence-corrected chi connectivity index (χ4v) is 1.30. The molecular weight excluding hydrogens is 287 g/mol. The summed E-state index contributed by atoms with van der Waals surface area (Å²) in [5.41, 5.74) is 4.76. The van der Waals surface area contributed by atoms with Crippen LogP contribution in [-0.4, -0.2) is 30.0 Å². The summed E-state index contributed by atoms with van der Waals surface area (Å²) in [6, 6.07) is 3.71. The molecule has 0 bridgehead atoms. The Morgan fingerprint density at radius 3 is 2.60 bits per heavy atom. The van der Waals surface area contributed by atoms with Crippen LogP contribution >= 0.6 is 0 Å². The molecule has 0 aliphatic rings. The van der Waals surface area contributed by atoms with Gasteiger partial charge in [-0.15, -0.1) is 0 Å². The Kier molecular flexibility index (Phi) is 5.26. The number of ether oxygens (including phenoxy) is 1. The number of nitrogens with two attached hydrogens (primary N) is 1. The van der Waals surface area contributed by atoms with Crippen molar-refractivity contribution in [2.45, 2.75) is 19.0 Å². The average molecular weight is 298 g/mol. The maximum atomic E-state index is 13.8. The van der Waals surface area contributed by atoms with E-state index in [1.807, 2.05) is 0 Å². The SMILES string of the molecule is N/C(=N/O)c1cccc(COCC(F)(F)C(F)F)c1F. The Morgan fingerprint density at radius 1 is 1.40 bits per heavy atom. The summed E-state index contributed by atoms with van der Waals surface area (Å²) in [5, 5.41) is 11.0. The van der Waals surface area contributed by atoms with Gasteiger partial charge in [0.2, 0.25) is 0 Å². The van der Waals surface area contributed by atoms with Gasteiger partial charge in [-0.25, -0.2) is 13.2 Å². The number of oxime groups is 1. The summed E-state index contributed by atoms with van der Waals surface area (Å²) >= 11 is 0. The third-order valence-corrected chi connectivity index (χ3v) is 2.33. The fraction of sp³-hybridized carbons (Fsp3) is 0.364. The molecule has 0 saturated heterocycles. The summed E-state index contributed by atoms with van der Waals surface area (Å²) in [7, 11) is 0. The summed E-state index contributed by atoms with van der Waals surface area (Å²) in [6.07, 6.45) is -3.86. The Balaban J connectivity index is 2.75. The maximum absolute atomic E-state index is 13.8. The number of amidine groups is 1. The molecule has 1 aromatic carbocycles. The number of nitrogens with zero attached hydrogens (tertiary/aromatic N) is 1. The zero-order valence-electron chi connectivity index (χ0n) is 9.99. The van der Waals surface area contributed by atoms with E-state index in [1.165, 1.54) is 18.2 Å². The van der Waals surface area contributed by atoms with Crippen molar-refractivity contribution in [2.24, 2.45) is 10.9 Å². The third-order valence-electron chi connectivity index (χ3n) is 2.33. The van der Waals surface area contributed by atoms with E-state index in [1.54, 1.807) is 0 Å². The van der Waals surface area contributed by atoms with E-state index in [9.17, 15) is 22.0 Å². The molecular formula is C11H11F5N2O2. The van der Waals surface area contributed by atoms with Gasteiger partial charge in [0.25, 0.3) is 0 Å². The van der Waals surface area contributed by atoms with Crippen LogP contribution in [0.15, 0.2) is 23.4 Å². The van der Waals surface area contributed by atoms with Crippen molar-refractivity contribution >= 4 is 5.84 Å². The highest BCUT2D eigenvalue weighted by Crippen LogP contribution is 2.23. The van der Waals surface area contributed by atoms with Crippen molar-refractivity contribution < 1.29 is 31.9 Å². The van der Waals surface area contributed by atoms with E-state index in [2.05, 4.69) is 9.89 Å². The lowest BCUT2D eigenvalue weighted by Gasteiger charge is -2.15. The molecule has 0 aliphatic carbocycles. The zero-order valence-corrected chi connectivity index (χ0v) is 9.99. The van der Waals surface area contributed by atoms with E-state index in [-0.39, 0.29) is 11.1 Å². The summed E-state index contributed by atoms with van der Waals surface area (Å²) in [6.45, 7) is -2.20. The molecule has 0 radical (unpaired) electrons. The summed E-state index contributed by atoms with van der Waals surface area (Å²) in [4.78, 5) is 0. The van der Waals surface area contributed by atoms with E-state index < -0.39 is 37.2 Å². The molecule has 1 rings (SSSR count). The van der Waals surface area contributed by atoms with Gasteiger partial charge in [-0.3, -0.25) is 0 Å². The standard InChI is InChI=1S/C11H11F5N2O2/c12-8-6(2-1-3-7(8)9(17)18-19)4-20-5-11(15,16)10(13)14/h1-3,10,19H,4-5H2,(H2,17,18). The van der Waals surface area contributed by atoms with Crippen molar-refractivity contribution in [3.05, 3.63) is 35.1 Å². The first-order valence-corrected chi connectivity index (χ1v) is 5.28. The largest absolute Gasteiger partial charge is 0.409 e. The first-order chi connectivity index (χ1) is 9.29.